The van der Waals surface area contributed by atoms with Crippen LogP contribution in [0, 0.1) is 0 Å². The first-order valence-electron chi connectivity index (χ1n) is 6.13. The summed E-state index contributed by atoms with van der Waals surface area (Å²) in [7, 11) is 4.42. The van der Waals surface area contributed by atoms with E-state index in [0.717, 1.165) is 23.6 Å². The molecule has 0 radical (unpaired) electrons. The number of hydrogen-bond donors (Lipinski definition) is 0. The van der Waals surface area contributed by atoms with Crippen LogP contribution in [0.15, 0.2) is 22.9 Å². The number of aromatic nitrogens is 1. The highest BCUT2D eigenvalue weighted by Crippen LogP contribution is 2.17. The standard InChI is InChI=1S/C13H20BrN3/c1-16(10-13-4-3-5-17(13)2)9-11-6-12(14)8-15-7-11/h6-8,13H,3-5,9-10H2,1-2H3. The van der Waals surface area contributed by atoms with Gasteiger partial charge in [-0.05, 0) is 61.0 Å². The zero-order chi connectivity index (χ0) is 12.3. The van der Waals surface area contributed by atoms with E-state index >= 15 is 0 Å². The van der Waals surface area contributed by atoms with Gasteiger partial charge in [-0.2, -0.15) is 0 Å². The molecule has 1 aromatic heterocycles. The van der Waals surface area contributed by atoms with Gasteiger partial charge in [0.2, 0.25) is 0 Å². The Labute approximate surface area is 112 Å². The van der Waals surface area contributed by atoms with Crippen LogP contribution in [0.1, 0.15) is 18.4 Å². The van der Waals surface area contributed by atoms with Crippen molar-refractivity contribution in [1.82, 2.24) is 14.8 Å². The Kier molecular flexibility index (Phi) is 4.54. The van der Waals surface area contributed by atoms with Crippen LogP contribution in [0.3, 0.4) is 0 Å². The van der Waals surface area contributed by atoms with Crippen LogP contribution < -0.4 is 0 Å². The second-order valence-electron chi connectivity index (χ2n) is 4.98. The molecule has 94 valence electrons. The van der Waals surface area contributed by atoms with Gasteiger partial charge < -0.3 is 9.80 Å². The first-order valence-corrected chi connectivity index (χ1v) is 6.92. The van der Waals surface area contributed by atoms with Gasteiger partial charge in [0, 0.05) is 36.0 Å². The maximum Gasteiger partial charge on any atom is 0.0410 e. The Morgan fingerprint density at radius 3 is 3.00 bits per heavy atom. The van der Waals surface area contributed by atoms with E-state index in [4.69, 9.17) is 0 Å². The first kappa shape index (κ1) is 13.0. The molecular formula is C13H20BrN3. The quantitative estimate of drug-likeness (QED) is 0.851. The number of pyridine rings is 1. The predicted octanol–water partition coefficient (Wildman–Crippen LogP) is 2.37. The van der Waals surface area contributed by atoms with Crippen LogP contribution in [0.4, 0.5) is 0 Å². The van der Waals surface area contributed by atoms with E-state index in [1.54, 1.807) is 0 Å². The summed E-state index contributed by atoms with van der Waals surface area (Å²) in [6.45, 7) is 3.36. The van der Waals surface area contributed by atoms with E-state index in [1.807, 2.05) is 12.4 Å². The highest BCUT2D eigenvalue weighted by atomic mass is 79.9. The minimum atomic E-state index is 0.722. The summed E-state index contributed by atoms with van der Waals surface area (Å²) in [6.07, 6.45) is 6.44. The van der Waals surface area contributed by atoms with E-state index in [1.165, 1.54) is 24.9 Å². The number of nitrogens with zero attached hydrogens (tertiary/aromatic N) is 3. The fraction of sp³-hybridized carbons (Fsp3) is 0.615. The maximum atomic E-state index is 4.20. The molecule has 4 heteroatoms. The monoisotopic (exact) mass is 297 g/mol. The van der Waals surface area contributed by atoms with Crippen molar-refractivity contribution in [2.45, 2.75) is 25.4 Å². The molecular weight excluding hydrogens is 278 g/mol. The number of likely N-dealkylation sites (tertiary alicyclic amines) is 1. The third-order valence-electron chi connectivity index (χ3n) is 3.41. The molecule has 0 amide bonds. The summed E-state index contributed by atoms with van der Waals surface area (Å²) in [4.78, 5) is 9.05. The number of likely N-dealkylation sites (N-methyl/N-ethyl adjacent to an activating group) is 2. The molecule has 1 unspecified atom stereocenters. The lowest BCUT2D eigenvalue weighted by atomic mass is 10.2. The van der Waals surface area contributed by atoms with Crippen molar-refractivity contribution >= 4 is 15.9 Å². The Morgan fingerprint density at radius 2 is 2.35 bits per heavy atom. The fourth-order valence-corrected chi connectivity index (χ4v) is 2.90. The van der Waals surface area contributed by atoms with Crippen LogP contribution in [0.5, 0.6) is 0 Å². The van der Waals surface area contributed by atoms with Gasteiger partial charge in [-0.15, -0.1) is 0 Å². The van der Waals surface area contributed by atoms with Gasteiger partial charge in [0.1, 0.15) is 0 Å². The van der Waals surface area contributed by atoms with Crippen molar-refractivity contribution < 1.29 is 0 Å². The summed E-state index contributed by atoms with van der Waals surface area (Å²) in [5.74, 6) is 0. The molecule has 1 aromatic rings. The average Bonchev–Trinajstić information content (AvgIpc) is 2.64. The Bertz CT molecular complexity index is 369. The molecule has 0 aromatic carbocycles. The third kappa shape index (κ3) is 3.76. The van der Waals surface area contributed by atoms with Gasteiger partial charge in [-0.3, -0.25) is 4.98 Å². The van der Waals surface area contributed by atoms with Crippen LogP contribution in [0.25, 0.3) is 0 Å². The fourth-order valence-electron chi connectivity index (χ4n) is 2.49. The molecule has 0 N–H and O–H groups in total. The lowest BCUT2D eigenvalue weighted by Gasteiger charge is -2.25. The summed E-state index contributed by atoms with van der Waals surface area (Å²) < 4.78 is 1.06. The van der Waals surface area contributed by atoms with Crippen molar-refractivity contribution in [2.75, 3.05) is 27.2 Å². The number of halogens is 1. The minimum Gasteiger partial charge on any atom is -0.302 e. The van der Waals surface area contributed by atoms with Gasteiger partial charge in [0.25, 0.3) is 0 Å². The van der Waals surface area contributed by atoms with Crippen LogP contribution in [-0.2, 0) is 6.54 Å². The predicted molar refractivity (Wildman–Crippen MR) is 73.9 cm³/mol. The molecule has 0 spiro atoms. The summed E-state index contributed by atoms with van der Waals surface area (Å²) >= 11 is 3.46. The van der Waals surface area contributed by atoms with E-state index in [-0.39, 0.29) is 0 Å². The molecule has 1 aliphatic heterocycles. The van der Waals surface area contributed by atoms with Crippen molar-refractivity contribution in [3.63, 3.8) is 0 Å². The van der Waals surface area contributed by atoms with E-state index in [0.29, 0.717) is 0 Å². The molecule has 17 heavy (non-hydrogen) atoms. The van der Waals surface area contributed by atoms with Crippen molar-refractivity contribution in [3.05, 3.63) is 28.5 Å². The molecule has 3 nitrogen and oxygen atoms in total. The van der Waals surface area contributed by atoms with Gasteiger partial charge in [-0.25, -0.2) is 0 Å². The van der Waals surface area contributed by atoms with E-state index < -0.39 is 0 Å². The molecule has 0 bridgehead atoms. The second-order valence-corrected chi connectivity index (χ2v) is 5.90. The second kappa shape index (κ2) is 5.94. The van der Waals surface area contributed by atoms with Crippen molar-refractivity contribution in [1.29, 1.82) is 0 Å². The number of rotatable bonds is 4. The van der Waals surface area contributed by atoms with Crippen LogP contribution in [0.2, 0.25) is 0 Å². The van der Waals surface area contributed by atoms with Crippen LogP contribution >= 0.6 is 15.9 Å². The zero-order valence-electron chi connectivity index (χ0n) is 10.6. The highest BCUT2D eigenvalue weighted by molar-refractivity contribution is 9.10. The minimum absolute atomic E-state index is 0.722. The first-order chi connectivity index (χ1) is 8.15. The van der Waals surface area contributed by atoms with Crippen molar-refractivity contribution in [3.8, 4) is 0 Å². The third-order valence-corrected chi connectivity index (χ3v) is 3.84. The molecule has 1 aliphatic rings. The smallest absolute Gasteiger partial charge is 0.0410 e. The summed E-state index contributed by atoms with van der Waals surface area (Å²) in [5, 5.41) is 0. The normalized spacial score (nSPS) is 21.3. The molecule has 1 fully saturated rings. The summed E-state index contributed by atoms with van der Waals surface area (Å²) in [6, 6.07) is 2.86. The highest BCUT2D eigenvalue weighted by Gasteiger charge is 2.21. The van der Waals surface area contributed by atoms with Gasteiger partial charge in [0.15, 0.2) is 0 Å². The van der Waals surface area contributed by atoms with Gasteiger partial charge in [0.05, 0.1) is 0 Å². The molecule has 0 saturated carbocycles. The van der Waals surface area contributed by atoms with Gasteiger partial charge >= 0.3 is 0 Å². The lowest BCUT2D eigenvalue weighted by Crippen LogP contribution is -2.36. The zero-order valence-corrected chi connectivity index (χ0v) is 12.2. The Balaban J connectivity index is 1.86. The Morgan fingerprint density at radius 1 is 1.53 bits per heavy atom. The maximum absolute atomic E-state index is 4.20. The molecule has 1 saturated heterocycles. The lowest BCUT2D eigenvalue weighted by molar-refractivity contribution is 0.215. The van der Waals surface area contributed by atoms with E-state index in [9.17, 15) is 0 Å². The van der Waals surface area contributed by atoms with Crippen LogP contribution in [-0.4, -0.2) is 48.0 Å². The van der Waals surface area contributed by atoms with Crippen molar-refractivity contribution in [2.24, 2.45) is 0 Å². The summed E-state index contributed by atoms with van der Waals surface area (Å²) in [5.41, 5.74) is 1.27. The largest absolute Gasteiger partial charge is 0.302 e. The molecule has 2 heterocycles. The van der Waals surface area contributed by atoms with Gasteiger partial charge in [-0.1, -0.05) is 0 Å². The molecule has 2 rings (SSSR count). The SMILES string of the molecule is CN(Cc1cncc(Br)c1)CC1CCCN1C. The number of hydrogen-bond acceptors (Lipinski definition) is 3. The molecule has 1 atom stereocenters. The van der Waals surface area contributed by atoms with E-state index in [2.05, 4.69) is 50.9 Å². The molecule has 0 aliphatic carbocycles. The topological polar surface area (TPSA) is 19.4 Å². The average molecular weight is 298 g/mol. The Hall–Kier alpha value is -0.450.